The molecule has 4 rings (SSSR count). The van der Waals surface area contributed by atoms with Crippen LogP contribution in [0.4, 0.5) is 18.9 Å². The molecule has 0 aliphatic heterocycles. The number of aromatic amines is 1. The summed E-state index contributed by atoms with van der Waals surface area (Å²) in [6.07, 6.45) is -0.110. The zero-order valence-electron chi connectivity index (χ0n) is 22.8. The van der Waals surface area contributed by atoms with E-state index >= 15 is 0 Å². The van der Waals surface area contributed by atoms with Gasteiger partial charge >= 0.3 is 6.18 Å². The molecule has 11 nitrogen and oxygen atoms in total. The minimum Gasteiger partial charge on any atom is -0.357 e. The Kier molecular flexibility index (Phi) is 9.02. The van der Waals surface area contributed by atoms with E-state index in [4.69, 9.17) is 11.0 Å². The number of nitrogens with two attached hydrogens (primary N) is 1. The van der Waals surface area contributed by atoms with Crippen molar-refractivity contribution in [3.8, 4) is 17.2 Å². The number of halogens is 3. The van der Waals surface area contributed by atoms with Crippen molar-refractivity contribution in [1.29, 1.82) is 5.26 Å². The fraction of sp³-hybridized carbons (Fsp3) is 0.286. The molecule has 0 saturated carbocycles. The monoisotopic (exact) mass is 579 g/mol. The van der Waals surface area contributed by atoms with E-state index in [1.807, 2.05) is 6.92 Å². The van der Waals surface area contributed by atoms with Crippen molar-refractivity contribution >= 4 is 28.4 Å². The zero-order chi connectivity index (χ0) is 30.4. The molecule has 3 heterocycles. The van der Waals surface area contributed by atoms with Crippen LogP contribution in [0.3, 0.4) is 0 Å². The van der Waals surface area contributed by atoms with E-state index in [1.54, 1.807) is 43.3 Å². The minimum atomic E-state index is -4.73. The maximum atomic E-state index is 13.8. The predicted molar refractivity (Wildman–Crippen MR) is 148 cm³/mol. The number of nitriles is 1. The summed E-state index contributed by atoms with van der Waals surface area (Å²) in [6.45, 7) is 3.57. The fourth-order valence-corrected chi connectivity index (χ4v) is 4.30. The predicted octanol–water partition coefficient (Wildman–Crippen LogP) is 2.96. The first-order chi connectivity index (χ1) is 20.0. The summed E-state index contributed by atoms with van der Waals surface area (Å²) >= 11 is 0. The number of aryl methyl sites for hydroxylation is 1. The van der Waals surface area contributed by atoms with Crippen molar-refractivity contribution in [2.24, 2.45) is 10.7 Å². The lowest BCUT2D eigenvalue weighted by molar-refractivity contribution is -0.141. The van der Waals surface area contributed by atoms with Crippen LogP contribution in [0.5, 0.6) is 0 Å². The van der Waals surface area contributed by atoms with Gasteiger partial charge in [-0.3, -0.25) is 14.3 Å². The summed E-state index contributed by atoms with van der Waals surface area (Å²) in [5, 5.41) is 18.3. The highest BCUT2D eigenvalue weighted by atomic mass is 19.4. The SMILES string of the molecule is CCc1cc(N=c2ncccc3c(-c4cn(CC#N)nc4C(F)(F)F)c[nH]c23)ccc1C(=O)NCCNC(=O)[C@@H](C)N. The Balaban J connectivity index is 1.67. The topological polar surface area (TPSA) is 167 Å². The number of benzene rings is 1. The van der Waals surface area contributed by atoms with Crippen molar-refractivity contribution < 1.29 is 22.8 Å². The molecule has 1 atom stereocenters. The Morgan fingerprint density at radius 3 is 2.67 bits per heavy atom. The van der Waals surface area contributed by atoms with E-state index in [0.29, 0.717) is 28.6 Å². The average Bonchev–Trinajstić information content (AvgIpc) is 3.51. The lowest BCUT2D eigenvalue weighted by Gasteiger charge is -2.11. The molecule has 0 spiro atoms. The Hall–Kier alpha value is -5.03. The zero-order valence-corrected chi connectivity index (χ0v) is 22.8. The number of nitrogens with one attached hydrogen (secondary N) is 3. The first kappa shape index (κ1) is 29.9. The summed E-state index contributed by atoms with van der Waals surface area (Å²) in [5.74, 6) is -0.628. The highest BCUT2D eigenvalue weighted by molar-refractivity contribution is 5.96. The van der Waals surface area contributed by atoms with Crippen molar-refractivity contribution in [3.05, 3.63) is 71.2 Å². The number of fused-ring (bicyclic) bond motifs is 1. The quantitative estimate of drug-likeness (QED) is 0.223. The Morgan fingerprint density at radius 1 is 1.21 bits per heavy atom. The molecule has 0 aliphatic carbocycles. The average molecular weight is 580 g/mol. The number of hydrogen-bond acceptors (Lipinski definition) is 7. The van der Waals surface area contributed by atoms with Crippen LogP contribution in [0.25, 0.3) is 22.0 Å². The number of aromatic nitrogens is 4. The first-order valence-corrected chi connectivity index (χ1v) is 13.0. The third kappa shape index (κ3) is 6.64. The number of H-pyrrole nitrogens is 1. The molecule has 0 bridgehead atoms. The fourth-order valence-electron chi connectivity index (χ4n) is 4.30. The molecule has 0 fully saturated rings. The summed E-state index contributed by atoms with van der Waals surface area (Å²) < 4.78 is 42.3. The Bertz CT molecular complexity index is 1730. The van der Waals surface area contributed by atoms with Crippen LogP contribution < -0.4 is 21.9 Å². The summed E-state index contributed by atoms with van der Waals surface area (Å²) in [7, 11) is 0. The van der Waals surface area contributed by atoms with Crippen LogP contribution in [0.2, 0.25) is 0 Å². The summed E-state index contributed by atoms with van der Waals surface area (Å²) in [5.41, 5.74) is 6.73. The van der Waals surface area contributed by atoms with Gasteiger partial charge in [-0.25, -0.2) is 9.98 Å². The molecule has 2 amide bonds. The van der Waals surface area contributed by atoms with Crippen LogP contribution in [-0.4, -0.2) is 50.7 Å². The third-order valence-corrected chi connectivity index (χ3v) is 6.32. The molecule has 4 aromatic rings. The molecule has 3 aromatic heterocycles. The van der Waals surface area contributed by atoms with E-state index in [9.17, 15) is 22.8 Å². The largest absolute Gasteiger partial charge is 0.435 e. The summed E-state index contributed by atoms with van der Waals surface area (Å²) in [4.78, 5) is 36.3. The lowest BCUT2D eigenvalue weighted by Crippen LogP contribution is -2.42. The first-order valence-electron chi connectivity index (χ1n) is 13.0. The number of hydrogen-bond donors (Lipinski definition) is 4. The molecule has 0 unspecified atom stereocenters. The normalized spacial score (nSPS) is 12.6. The lowest BCUT2D eigenvalue weighted by atomic mass is 10.0. The molecule has 14 heteroatoms. The Morgan fingerprint density at radius 2 is 1.98 bits per heavy atom. The second kappa shape index (κ2) is 12.6. The van der Waals surface area contributed by atoms with Crippen LogP contribution in [0.1, 0.15) is 35.5 Å². The van der Waals surface area contributed by atoms with Crippen molar-refractivity contribution in [1.82, 2.24) is 30.4 Å². The number of amides is 2. The highest BCUT2D eigenvalue weighted by Crippen LogP contribution is 2.38. The van der Waals surface area contributed by atoms with Gasteiger partial charge in [-0.1, -0.05) is 13.0 Å². The van der Waals surface area contributed by atoms with Gasteiger partial charge in [0.15, 0.2) is 11.2 Å². The smallest absolute Gasteiger partial charge is 0.357 e. The van der Waals surface area contributed by atoms with E-state index in [-0.39, 0.29) is 48.1 Å². The van der Waals surface area contributed by atoms with Gasteiger partial charge in [0.1, 0.15) is 6.54 Å². The van der Waals surface area contributed by atoms with Crippen molar-refractivity contribution in [2.45, 2.75) is 39.0 Å². The van der Waals surface area contributed by atoms with Gasteiger partial charge in [-0.15, -0.1) is 0 Å². The standard InChI is InChI=1S/C28H28F3N9O2/c1-3-17-13-18(6-7-19(17)27(42)36-11-10-35-26(41)16(2)33)38-25-23-20(5-4-9-34-25)21(14-37-23)22-15-40(12-8-32)39-24(22)28(29,30)31/h4-7,9,13-16,37H,3,10-12,33H2,1-2H3,(H,35,41)(H,36,42)/t16-/m1/s1. The van der Waals surface area contributed by atoms with Crippen LogP contribution in [0, 0.1) is 11.3 Å². The van der Waals surface area contributed by atoms with Gasteiger partial charge in [-0.05, 0) is 43.2 Å². The van der Waals surface area contributed by atoms with E-state index in [1.165, 1.54) is 18.6 Å². The third-order valence-electron chi connectivity index (χ3n) is 6.32. The van der Waals surface area contributed by atoms with E-state index < -0.39 is 17.9 Å². The van der Waals surface area contributed by atoms with Gasteiger partial charge in [0.2, 0.25) is 5.91 Å². The molecule has 0 saturated heterocycles. The van der Waals surface area contributed by atoms with Crippen molar-refractivity contribution in [3.63, 3.8) is 0 Å². The molecule has 42 heavy (non-hydrogen) atoms. The van der Waals surface area contributed by atoms with Gasteiger partial charge in [0.05, 0.1) is 23.3 Å². The van der Waals surface area contributed by atoms with Crippen LogP contribution >= 0.6 is 0 Å². The number of rotatable bonds is 9. The van der Waals surface area contributed by atoms with E-state index in [0.717, 1.165) is 10.2 Å². The number of carbonyl (C=O) groups is 2. The maximum Gasteiger partial charge on any atom is 0.435 e. The Labute approximate surface area is 238 Å². The van der Waals surface area contributed by atoms with Gasteiger partial charge in [0, 0.05) is 53.8 Å². The van der Waals surface area contributed by atoms with E-state index in [2.05, 4.69) is 30.7 Å². The maximum absolute atomic E-state index is 13.8. The molecular formula is C28H28F3N9O2. The number of nitrogens with zero attached hydrogens (tertiary/aromatic N) is 5. The number of carbonyl (C=O) groups excluding carboxylic acids is 2. The van der Waals surface area contributed by atoms with Crippen LogP contribution in [-0.2, 0) is 23.9 Å². The molecule has 5 N–H and O–H groups in total. The van der Waals surface area contributed by atoms with Crippen LogP contribution in [0.15, 0.2) is 53.9 Å². The number of alkyl halides is 3. The minimum absolute atomic E-state index is 0.179. The molecule has 1 aromatic carbocycles. The molecular weight excluding hydrogens is 551 g/mol. The highest BCUT2D eigenvalue weighted by Gasteiger charge is 2.38. The van der Waals surface area contributed by atoms with Gasteiger partial charge in [-0.2, -0.15) is 23.5 Å². The second-order valence-corrected chi connectivity index (χ2v) is 9.34. The molecule has 0 aliphatic rings. The molecule has 0 radical (unpaired) electrons. The summed E-state index contributed by atoms with van der Waals surface area (Å²) in [6, 6.07) is 9.38. The molecule has 218 valence electrons. The second-order valence-electron chi connectivity index (χ2n) is 9.34. The van der Waals surface area contributed by atoms with Crippen molar-refractivity contribution in [2.75, 3.05) is 13.1 Å². The van der Waals surface area contributed by atoms with Gasteiger partial charge in [0.25, 0.3) is 5.91 Å². The van der Waals surface area contributed by atoms with Gasteiger partial charge < -0.3 is 21.4 Å².